The average molecular weight is 480 g/mol. The van der Waals surface area contributed by atoms with Gasteiger partial charge in [-0.15, -0.1) is 0 Å². The number of benzene rings is 2. The highest BCUT2D eigenvalue weighted by Crippen LogP contribution is 2.24. The molecule has 2 aromatic carbocycles. The van der Waals surface area contributed by atoms with E-state index in [-0.39, 0.29) is 29.3 Å². The summed E-state index contributed by atoms with van der Waals surface area (Å²) in [5.74, 6) is 0.238. The summed E-state index contributed by atoms with van der Waals surface area (Å²) >= 11 is 0. The maximum absolute atomic E-state index is 13.4. The minimum Gasteiger partial charge on any atom is -0.333 e. The summed E-state index contributed by atoms with van der Waals surface area (Å²) in [6.07, 6.45) is 1.56. The SMILES string of the molecule is Cc1ccc(C)c(NC(=O)Cn2cc(-c3nc(-c4ccccc4C)no3)c(=O)c3ccc(C)nc32)c1. The molecule has 0 fully saturated rings. The topological polar surface area (TPSA) is 103 Å². The molecule has 0 aliphatic rings. The second-order valence-corrected chi connectivity index (χ2v) is 8.93. The van der Waals surface area contributed by atoms with E-state index in [1.807, 2.05) is 70.2 Å². The lowest BCUT2D eigenvalue weighted by Gasteiger charge is -2.13. The largest absolute Gasteiger partial charge is 0.333 e. The summed E-state index contributed by atoms with van der Waals surface area (Å²) in [5.41, 5.74) is 5.63. The quantitative estimate of drug-likeness (QED) is 0.381. The summed E-state index contributed by atoms with van der Waals surface area (Å²) in [5, 5.41) is 7.43. The van der Waals surface area contributed by atoms with Crippen LogP contribution in [0.1, 0.15) is 22.4 Å². The highest BCUT2D eigenvalue weighted by Gasteiger charge is 2.20. The molecule has 1 amide bonds. The molecule has 36 heavy (non-hydrogen) atoms. The van der Waals surface area contributed by atoms with E-state index in [0.717, 1.165) is 33.6 Å². The lowest BCUT2D eigenvalue weighted by molar-refractivity contribution is -0.116. The van der Waals surface area contributed by atoms with Crippen molar-refractivity contribution >= 4 is 22.6 Å². The van der Waals surface area contributed by atoms with Gasteiger partial charge in [0.2, 0.25) is 17.2 Å². The highest BCUT2D eigenvalue weighted by molar-refractivity contribution is 5.92. The van der Waals surface area contributed by atoms with Crippen molar-refractivity contribution in [3.8, 4) is 22.8 Å². The van der Waals surface area contributed by atoms with Gasteiger partial charge in [0.1, 0.15) is 17.8 Å². The van der Waals surface area contributed by atoms with Crippen LogP contribution < -0.4 is 10.7 Å². The molecule has 5 aromatic rings. The number of pyridine rings is 2. The molecule has 3 heterocycles. The Bertz CT molecular complexity index is 1680. The van der Waals surface area contributed by atoms with E-state index in [1.54, 1.807) is 22.9 Å². The van der Waals surface area contributed by atoms with Crippen LogP contribution in [0.2, 0.25) is 0 Å². The molecule has 8 nitrogen and oxygen atoms in total. The van der Waals surface area contributed by atoms with Crippen LogP contribution in [0, 0.1) is 27.7 Å². The predicted molar refractivity (Wildman–Crippen MR) is 139 cm³/mol. The van der Waals surface area contributed by atoms with E-state index in [4.69, 9.17) is 4.52 Å². The zero-order valence-electron chi connectivity index (χ0n) is 20.5. The van der Waals surface area contributed by atoms with Crippen LogP contribution in [0.5, 0.6) is 0 Å². The lowest BCUT2D eigenvalue weighted by atomic mass is 10.1. The normalized spacial score (nSPS) is 11.1. The van der Waals surface area contributed by atoms with Crippen LogP contribution in [0.25, 0.3) is 33.9 Å². The molecule has 1 N–H and O–H groups in total. The first-order valence-corrected chi connectivity index (χ1v) is 11.6. The smallest absolute Gasteiger partial charge is 0.263 e. The maximum atomic E-state index is 13.4. The maximum Gasteiger partial charge on any atom is 0.263 e. The Balaban J connectivity index is 1.57. The third kappa shape index (κ3) is 4.40. The van der Waals surface area contributed by atoms with Crippen LogP contribution in [-0.4, -0.2) is 25.6 Å². The number of aryl methyl sites for hydroxylation is 4. The Morgan fingerprint density at radius 2 is 1.75 bits per heavy atom. The molecule has 8 heteroatoms. The molecule has 180 valence electrons. The lowest BCUT2D eigenvalue weighted by Crippen LogP contribution is -2.22. The van der Waals surface area contributed by atoms with Crippen LogP contribution in [0.15, 0.2) is 70.1 Å². The Morgan fingerprint density at radius 3 is 2.56 bits per heavy atom. The zero-order chi connectivity index (χ0) is 25.4. The number of hydrogen-bond donors (Lipinski definition) is 1. The van der Waals surface area contributed by atoms with Crippen molar-refractivity contribution in [3.05, 3.63) is 93.4 Å². The molecular formula is C28H25N5O3. The summed E-state index contributed by atoms with van der Waals surface area (Å²) in [6.45, 7) is 7.65. The fraction of sp³-hybridized carbons (Fsp3) is 0.179. The van der Waals surface area contributed by atoms with E-state index in [2.05, 4.69) is 20.4 Å². The minimum atomic E-state index is -0.288. The first kappa shape index (κ1) is 23.2. The van der Waals surface area contributed by atoms with Crippen LogP contribution in [-0.2, 0) is 11.3 Å². The second kappa shape index (κ2) is 9.22. The van der Waals surface area contributed by atoms with Crippen molar-refractivity contribution in [1.82, 2.24) is 19.7 Å². The van der Waals surface area contributed by atoms with Crippen molar-refractivity contribution < 1.29 is 9.32 Å². The molecule has 5 rings (SSSR count). The van der Waals surface area contributed by atoms with Gasteiger partial charge < -0.3 is 14.4 Å². The van der Waals surface area contributed by atoms with Crippen molar-refractivity contribution in [2.75, 3.05) is 5.32 Å². The molecule has 0 bridgehead atoms. The minimum absolute atomic E-state index is 0.0492. The van der Waals surface area contributed by atoms with Gasteiger partial charge in [0.15, 0.2) is 0 Å². The number of amides is 1. The summed E-state index contributed by atoms with van der Waals surface area (Å²) < 4.78 is 7.15. The van der Waals surface area contributed by atoms with Gasteiger partial charge in [0.25, 0.3) is 5.89 Å². The first-order valence-electron chi connectivity index (χ1n) is 11.6. The first-order chi connectivity index (χ1) is 17.3. The van der Waals surface area contributed by atoms with Gasteiger partial charge in [-0.2, -0.15) is 4.98 Å². The van der Waals surface area contributed by atoms with Gasteiger partial charge in [0, 0.05) is 23.1 Å². The molecule has 0 unspecified atom stereocenters. The fourth-order valence-corrected chi connectivity index (χ4v) is 4.11. The monoisotopic (exact) mass is 479 g/mol. The van der Waals surface area contributed by atoms with Crippen molar-refractivity contribution in [2.45, 2.75) is 34.2 Å². The highest BCUT2D eigenvalue weighted by atomic mass is 16.5. The van der Waals surface area contributed by atoms with E-state index in [1.165, 1.54) is 0 Å². The molecule has 0 atom stereocenters. The third-order valence-corrected chi connectivity index (χ3v) is 6.08. The van der Waals surface area contributed by atoms with Crippen molar-refractivity contribution in [2.24, 2.45) is 0 Å². The average Bonchev–Trinajstić information content (AvgIpc) is 3.33. The molecule has 0 aliphatic heterocycles. The van der Waals surface area contributed by atoms with Gasteiger partial charge in [-0.05, 0) is 62.6 Å². The number of hydrogen-bond acceptors (Lipinski definition) is 6. The number of nitrogens with one attached hydrogen (secondary N) is 1. The number of anilines is 1. The fourth-order valence-electron chi connectivity index (χ4n) is 4.11. The molecule has 0 aliphatic carbocycles. The van der Waals surface area contributed by atoms with Gasteiger partial charge >= 0.3 is 0 Å². The van der Waals surface area contributed by atoms with E-state index in [0.29, 0.717) is 16.9 Å². The van der Waals surface area contributed by atoms with Gasteiger partial charge in [-0.1, -0.05) is 41.6 Å². The van der Waals surface area contributed by atoms with Crippen molar-refractivity contribution in [1.29, 1.82) is 0 Å². The Hall–Kier alpha value is -4.59. The molecular weight excluding hydrogens is 454 g/mol. The summed E-state index contributed by atoms with van der Waals surface area (Å²) in [7, 11) is 0. The number of rotatable bonds is 5. The van der Waals surface area contributed by atoms with Gasteiger partial charge in [-0.3, -0.25) is 9.59 Å². The number of aromatic nitrogens is 4. The van der Waals surface area contributed by atoms with E-state index in [9.17, 15) is 9.59 Å². The van der Waals surface area contributed by atoms with Crippen LogP contribution in [0.4, 0.5) is 5.69 Å². The Morgan fingerprint density at radius 1 is 0.944 bits per heavy atom. The molecule has 0 saturated carbocycles. The Kier molecular flexibility index (Phi) is 5.93. The van der Waals surface area contributed by atoms with E-state index < -0.39 is 0 Å². The van der Waals surface area contributed by atoms with Crippen LogP contribution in [0.3, 0.4) is 0 Å². The molecule has 0 saturated heterocycles. The number of nitrogens with zero attached hydrogens (tertiary/aromatic N) is 4. The second-order valence-electron chi connectivity index (χ2n) is 8.93. The summed E-state index contributed by atoms with van der Waals surface area (Å²) in [4.78, 5) is 35.5. The number of carbonyl (C=O) groups excluding carboxylic acids is 1. The summed E-state index contributed by atoms with van der Waals surface area (Å²) in [6, 6.07) is 17.0. The van der Waals surface area contributed by atoms with Gasteiger partial charge in [-0.25, -0.2) is 4.98 Å². The molecule has 0 spiro atoms. The zero-order valence-corrected chi connectivity index (χ0v) is 20.5. The number of fused-ring (bicyclic) bond motifs is 1. The third-order valence-electron chi connectivity index (χ3n) is 6.08. The van der Waals surface area contributed by atoms with Gasteiger partial charge in [0.05, 0.1) is 5.39 Å². The predicted octanol–water partition coefficient (Wildman–Crippen LogP) is 4.99. The number of carbonyl (C=O) groups is 1. The van der Waals surface area contributed by atoms with Crippen molar-refractivity contribution in [3.63, 3.8) is 0 Å². The van der Waals surface area contributed by atoms with E-state index >= 15 is 0 Å². The van der Waals surface area contributed by atoms with Crippen LogP contribution >= 0.6 is 0 Å². The Labute approximate surface area is 207 Å². The molecule has 0 radical (unpaired) electrons. The standard InChI is InChI=1S/C28H25N5O3/c1-16-9-10-18(3)23(13-16)30-24(34)15-33-14-22(25(35)21-12-11-19(4)29-27(21)33)28-31-26(32-36-28)20-8-6-5-7-17(20)2/h5-14H,15H2,1-4H3,(H,30,34). The molecule has 3 aromatic heterocycles.